The number of hydrogen-bond acceptors (Lipinski definition) is 3. The lowest BCUT2D eigenvalue weighted by atomic mass is 9.92. The van der Waals surface area contributed by atoms with Gasteiger partial charge >= 0.3 is 5.97 Å². The van der Waals surface area contributed by atoms with E-state index in [1.54, 1.807) is 12.1 Å². The maximum absolute atomic E-state index is 10.7. The Morgan fingerprint density at radius 3 is 2.60 bits per heavy atom. The molecule has 0 radical (unpaired) electrons. The summed E-state index contributed by atoms with van der Waals surface area (Å²) < 4.78 is 5.28. The zero-order valence-electron chi connectivity index (χ0n) is 14.9. The quantitative estimate of drug-likeness (QED) is 0.777. The Balaban J connectivity index is 2.34. The maximum Gasteiger partial charge on any atom is 0.341 e. The van der Waals surface area contributed by atoms with Crippen LogP contribution in [0.2, 0.25) is 0 Å². The van der Waals surface area contributed by atoms with Gasteiger partial charge in [0.25, 0.3) is 0 Å². The standard InChI is InChI=1S/C21H24O4/c1-5-16-11-17(25-12-21(23)24)8-14(4)19(16)10-15-6-7-20(22)18(9-15)13(2)3/h5-9,11,13,22H,1,10,12H2,2-4H3,(H,23,24). The third-order valence-electron chi connectivity index (χ3n) is 4.16. The van der Waals surface area contributed by atoms with Crippen molar-refractivity contribution in [3.8, 4) is 11.5 Å². The van der Waals surface area contributed by atoms with Crippen LogP contribution in [0, 0.1) is 6.92 Å². The van der Waals surface area contributed by atoms with Crippen molar-refractivity contribution in [2.24, 2.45) is 0 Å². The molecule has 25 heavy (non-hydrogen) atoms. The summed E-state index contributed by atoms with van der Waals surface area (Å²) in [5.41, 5.74) is 5.07. The lowest BCUT2D eigenvalue weighted by molar-refractivity contribution is -0.139. The molecule has 4 nitrogen and oxygen atoms in total. The number of rotatable bonds is 7. The van der Waals surface area contributed by atoms with E-state index < -0.39 is 5.97 Å². The Morgan fingerprint density at radius 1 is 1.28 bits per heavy atom. The van der Waals surface area contributed by atoms with Gasteiger partial charge in [0.15, 0.2) is 6.61 Å². The Bertz CT molecular complexity index is 791. The van der Waals surface area contributed by atoms with E-state index in [0.717, 1.165) is 27.8 Å². The molecule has 0 saturated heterocycles. The van der Waals surface area contributed by atoms with Crippen molar-refractivity contribution >= 4 is 12.0 Å². The summed E-state index contributed by atoms with van der Waals surface area (Å²) in [5, 5.41) is 18.7. The van der Waals surface area contributed by atoms with Gasteiger partial charge in [0.05, 0.1) is 0 Å². The average molecular weight is 340 g/mol. The molecule has 0 aliphatic carbocycles. The van der Waals surface area contributed by atoms with Crippen LogP contribution in [-0.4, -0.2) is 22.8 Å². The predicted molar refractivity (Wildman–Crippen MR) is 99.4 cm³/mol. The molecule has 0 aliphatic rings. The number of phenols is 1. The zero-order valence-corrected chi connectivity index (χ0v) is 14.9. The minimum absolute atomic E-state index is 0.242. The van der Waals surface area contributed by atoms with Gasteiger partial charge in [-0.3, -0.25) is 0 Å². The highest BCUT2D eigenvalue weighted by atomic mass is 16.5. The monoisotopic (exact) mass is 340 g/mol. The minimum atomic E-state index is -1.01. The number of carboxylic acid groups (broad SMARTS) is 1. The Hall–Kier alpha value is -2.75. The molecule has 2 rings (SSSR count). The summed E-state index contributed by atoms with van der Waals surface area (Å²) in [6.07, 6.45) is 2.45. The first kappa shape index (κ1) is 18.6. The van der Waals surface area contributed by atoms with E-state index in [1.165, 1.54) is 0 Å². The fourth-order valence-electron chi connectivity index (χ4n) is 2.84. The highest BCUT2D eigenvalue weighted by molar-refractivity contribution is 5.68. The van der Waals surface area contributed by atoms with Crippen molar-refractivity contribution in [1.29, 1.82) is 0 Å². The maximum atomic E-state index is 10.7. The molecule has 0 fully saturated rings. The molecule has 2 N–H and O–H groups in total. The van der Waals surface area contributed by atoms with E-state index in [1.807, 2.05) is 45.0 Å². The van der Waals surface area contributed by atoms with Crippen LogP contribution in [0.5, 0.6) is 11.5 Å². The van der Waals surface area contributed by atoms with E-state index in [0.29, 0.717) is 17.9 Å². The molecule has 0 aromatic heterocycles. The molecule has 0 spiro atoms. The van der Waals surface area contributed by atoms with E-state index in [2.05, 4.69) is 6.58 Å². The summed E-state index contributed by atoms with van der Waals surface area (Å²) >= 11 is 0. The lowest BCUT2D eigenvalue weighted by Gasteiger charge is -2.15. The third-order valence-corrected chi connectivity index (χ3v) is 4.16. The van der Waals surface area contributed by atoms with Gasteiger partial charge in [-0.05, 0) is 65.3 Å². The smallest absolute Gasteiger partial charge is 0.341 e. The molecule has 4 heteroatoms. The van der Waals surface area contributed by atoms with Crippen LogP contribution in [0.4, 0.5) is 0 Å². The first-order valence-corrected chi connectivity index (χ1v) is 8.24. The fourth-order valence-corrected chi connectivity index (χ4v) is 2.84. The molecule has 0 aliphatic heterocycles. The molecule has 132 valence electrons. The van der Waals surface area contributed by atoms with E-state index in [-0.39, 0.29) is 12.5 Å². The summed E-state index contributed by atoms with van der Waals surface area (Å²) in [7, 11) is 0. The molecule has 0 amide bonds. The first-order chi connectivity index (χ1) is 11.8. The van der Waals surface area contributed by atoms with Crippen LogP contribution in [0.3, 0.4) is 0 Å². The van der Waals surface area contributed by atoms with Crippen molar-refractivity contribution in [2.45, 2.75) is 33.1 Å². The van der Waals surface area contributed by atoms with Crippen LogP contribution in [0.15, 0.2) is 36.9 Å². The second-order valence-electron chi connectivity index (χ2n) is 6.42. The number of aliphatic carboxylic acids is 1. The number of ether oxygens (including phenoxy) is 1. The molecule has 2 aromatic carbocycles. The fraction of sp³-hybridized carbons (Fsp3) is 0.286. The number of benzene rings is 2. The number of aryl methyl sites for hydroxylation is 1. The molecular weight excluding hydrogens is 316 g/mol. The van der Waals surface area contributed by atoms with Gasteiger partial charge in [0, 0.05) is 0 Å². The van der Waals surface area contributed by atoms with Crippen molar-refractivity contribution < 1.29 is 19.7 Å². The Labute approximate surface area is 148 Å². The second kappa shape index (κ2) is 7.88. The van der Waals surface area contributed by atoms with Crippen LogP contribution in [0.25, 0.3) is 6.08 Å². The summed E-state index contributed by atoms with van der Waals surface area (Å²) in [5.74, 6) is 0.0721. The van der Waals surface area contributed by atoms with Gasteiger partial charge in [-0.1, -0.05) is 38.6 Å². The van der Waals surface area contributed by atoms with E-state index in [4.69, 9.17) is 9.84 Å². The van der Waals surface area contributed by atoms with Crippen LogP contribution >= 0.6 is 0 Å². The molecule has 0 atom stereocenters. The molecular formula is C21H24O4. The van der Waals surface area contributed by atoms with Crippen molar-refractivity contribution in [1.82, 2.24) is 0 Å². The number of phenolic OH excluding ortho intramolecular Hbond substituents is 1. The highest BCUT2D eigenvalue weighted by Crippen LogP contribution is 2.30. The van der Waals surface area contributed by atoms with Gasteiger partial charge in [0.1, 0.15) is 11.5 Å². The Kier molecular flexibility index (Phi) is 5.86. The molecule has 0 heterocycles. The van der Waals surface area contributed by atoms with Crippen LogP contribution < -0.4 is 4.74 Å². The lowest BCUT2D eigenvalue weighted by Crippen LogP contribution is -2.10. The molecule has 0 bridgehead atoms. The molecule has 0 unspecified atom stereocenters. The third kappa shape index (κ3) is 4.63. The number of carboxylic acids is 1. The summed E-state index contributed by atoms with van der Waals surface area (Å²) in [6, 6.07) is 9.33. The zero-order chi connectivity index (χ0) is 18.6. The molecule has 0 saturated carbocycles. The van der Waals surface area contributed by atoms with Crippen LogP contribution in [0.1, 0.15) is 47.6 Å². The number of hydrogen-bond donors (Lipinski definition) is 2. The predicted octanol–water partition coefficient (Wildman–Crippen LogP) is 4.52. The van der Waals surface area contributed by atoms with Gasteiger partial charge in [0.2, 0.25) is 0 Å². The second-order valence-corrected chi connectivity index (χ2v) is 6.42. The SMILES string of the molecule is C=Cc1cc(OCC(=O)O)cc(C)c1Cc1ccc(O)c(C(C)C)c1. The summed E-state index contributed by atoms with van der Waals surface area (Å²) in [4.78, 5) is 10.7. The van der Waals surface area contributed by atoms with Gasteiger partial charge in [-0.25, -0.2) is 4.79 Å². The number of carbonyl (C=O) groups is 1. The average Bonchev–Trinajstić information content (AvgIpc) is 2.56. The summed E-state index contributed by atoms with van der Waals surface area (Å²) in [6.45, 7) is 9.56. The van der Waals surface area contributed by atoms with E-state index in [9.17, 15) is 9.90 Å². The van der Waals surface area contributed by atoms with Crippen molar-refractivity contribution in [3.63, 3.8) is 0 Å². The Morgan fingerprint density at radius 2 is 2.00 bits per heavy atom. The number of aromatic hydroxyl groups is 1. The van der Waals surface area contributed by atoms with Gasteiger partial charge in [-0.2, -0.15) is 0 Å². The normalized spacial score (nSPS) is 10.7. The topological polar surface area (TPSA) is 66.8 Å². The first-order valence-electron chi connectivity index (χ1n) is 8.24. The van der Waals surface area contributed by atoms with Gasteiger partial charge in [-0.15, -0.1) is 0 Å². The minimum Gasteiger partial charge on any atom is -0.508 e. The van der Waals surface area contributed by atoms with E-state index >= 15 is 0 Å². The van der Waals surface area contributed by atoms with Crippen molar-refractivity contribution in [3.05, 3.63) is 64.7 Å². The van der Waals surface area contributed by atoms with Gasteiger partial charge < -0.3 is 14.9 Å². The molecule has 2 aromatic rings. The van der Waals surface area contributed by atoms with Crippen LogP contribution in [-0.2, 0) is 11.2 Å². The highest BCUT2D eigenvalue weighted by Gasteiger charge is 2.12. The largest absolute Gasteiger partial charge is 0.508 e. The van der Waals surface area contributed by atoms with Crippen molar-refractivity contribution in [2.75, 3.05) is 6.61 Å².